The third-order valence-electron chi connectivity index (χ3n) is 7.16. The number of phenolic OH excluding ortho intramolecular Hbond substituents is 1. The van der Waals surface area contributed by atoms with Gasteiger partial charge in [0.2, 0.25) is 5.78 Å². The number of halogens is 2. The molecule has 0 aromatic heterocycles. The minimum atomic E-state index is -2.93. The van der Waals surface area contributed by atoms with Crippen LogP contribution in [0.25, 0.3) is 5.76 Å². The molecule has 4 rings (SSSR count). The molecule has 0 heterocycles. The standard InChI is InChI=1S/C22H25N3O8.2ClH/c1-6-7-4-5-8(23)15(26)10(7)16(27)11-9(6)17(28)13-14(25(2)3)18(29)12(21(24)32)20(31)22(13,33)19(11)30;;/h4-6,9,13-14,17,26-28,31,33H,23H2,1-3H3,(H2,24,32);2*1H/t6-,9?,13?,14-,17-,22-;;/m0../s1. The van der Waals surface area contributed by atoms with Crippen molar-refractivity contribution in [2.24, 2.45) is 17.6 Å². The van der Waals surface area contributed by atoms with Crippen LogP contribution in [0.1, 0.15) is 24.0 Å². The Labute approximate surface area is 212 Å². The van der Waals surface area contributed by atoms with Crippen LogP contribution >= 0.6 is 24.8 Å². The number of aliphatic hydroxyl groups is 4. The molecule has 0 bridgehead atoms. The van der Waals surface area contributed by atoms with Crippen molar-refractivity contribution < 1.29 is 39.9 Å². The first-order valence-electron chi connectivity index (χ1n) is 10.2. The van der Waals surface area contributed by atoms with Crippen LogP contribution in [0, 0.1) is 11.8 Å². The molecule has 1 fully saturated rings. The molecule has 0 spiro atoms. The summed E-state index contributed by atoms with van der Waals surface area (Å²) in [6.45, 7) is 1.65. The fourth-order valence-corrected chi connectivity index (χ4v) is 5.63. The van der Waals surface area contributed by atoms with Crippen LogP contribution in [-0.4, -0.2) is 79.7 Å². The molecular weight excluding hydrogens is 505 g/mol. The number of aromatic hydroxyl groups is 1. The minimum absolute atomic E-state index is 0. The predicted molar refractivity (Wildman–Crippen MR) is 129 cm³/mol. The first-order valence-corrected chi connectivity index (χ1v) is 10.2. The van der Waals surface area contributed by atoms with Gasteiger partial charge in [-0.15, -0.1) is 24.8 Å². The lowest BCUT2D eigenvalue weighted by molar-refractivity contribution is -0.169. The number of hydrogen-bond donors (Lipinski definition) is 7. The van der Waals surface area contributed by atoms with Gasteiger partial charge in [0.05, 0.1) is 29.3 Å². The summed E-state index contributed by atoms with van der Waals surface area (Å²) in [6, 6.07) is 1.57. The van der Waals surface area contributed by atoms with Crippen LogP contribution in [0.5, 0.6) is 5.75 Å². The summed E-state index contributed by atoms with van der Waals surface area (Å²) in [5, 5.41) is 55.2. The van der Waals surface area contributed by atoms with E-state index in [0.29, 0.717) is 5.56 Å². The molecular formula is C22H27Cl2N3O8. The minimum Gasteiger partial charge on any atom is -0.508 e. The van der Waals surface area contributed by atoms with Gasteiger partial charge >= 0.3 is 0 Å². The first-order chi connectivity index (χ1) is 15.3. The number of phenols is 1. The molecule has 0 aliphatic heterocycles. The average molecular weight is 532 g/mol. The Morgan fingerprint density at radius 2 is 1.69 bits per heavy atom. The van der Waals surface area contributed by atoms with Crippen molar-refractivity contribution in [2.75, 3.05) is 19.8 Å². The maximum Gasteiger partial charge on any atom is 0.255 e. The summed E-state index contributed by atoms with van der Waals surface area (Å²) in [5.74, 6) is -9.34. The molecule has 35 heavy (non-hydrogen) atoms. The number of carbonyl (C=O) groups is 3. The lowest BCUT2D eigenvalue weighted by Gasteiger charge is -2.53. The fraction of sp³-hybridized carbons (Fsp3) is 0.409. The number of ketones is 2. The second-order valence-corrected chi connectivity index (χ2v) is 9.02. The Bertz CT molecular complexity index is 1200. The molecule has 1 saturated carbocycles. The van der Waals surface area contributed by atoms with E-state index in [1.54, 1.807) is 6.92 Å². The number of rotatable bonds is 2. The van der Waals surface area contributed by atoms with Gasteiger partial charge in [-0.05, 0) is 31.6 Å². The van der Waals surface area contributed by atoms with Crippen molar-refractivity contribution in [3.8, 4) is 5.75 Å². The topological polar surface area (TPSA) is 208 Å². The van der Waals surface area contributed by atoms with Crippen molar-refractivity contribution in [1.29, 1.82) is 0 Å². The van der Waals surface area contributed by atoms with E-state index >= 15 is 0 Å². The number of anilines is 1. The zero-order valence-electron chi connectivity index (χ0n) is 18.9. The molecule has 3 aliphatic rings. The number of hydrogen-bond acceptors (Lipinski definition) is 10. The summed E-state index contributed by atoms with van der Waals surface area (Å²) >= 11 is 0. The summed E-state index contributed by atoms with van der Waals surface area (Å²) in [5.41, 5.74) is 6.86. The first kappa shape index (κ1) is 28.4. The van der Waals surface area contributed by atoms with Gasteiger partial charge < -0.3 is 37.0 Å². The number of aliphatic hydroxyl groups excluding tert-OH is 3. The van der Waals surface area contributed by atoms with E-state index < -0.39 is 81.4 Å². The molecule has 1 amide bonds. The molecule has 0 saturated heterocycles. The van der Waals surface area contributed by atoms with Gasteiger partial charge in [0, 0.05) is 11.5 Å². The fourth-order valence-electron chi connectivity index (χ4n) is 5.63. The number of fused-ring (bicyclic) bond motifs is 3. The van der Waals surface area contributed by atoms with Crippen LogP contribution < -0.4 is 11.5 Å². The van der Waals surface area contributed by atoms with E-state index in [1.807, 2.05) is 0 Å². The summed E-state index contributed by atoms with van der Waals surface area (Å²) in [4.78, 5) is 40.0. The lowest BCUT2D eigenvalue weighted by Crippen LogP contribution is -2.70. The monoisotopic (exact) mass is 531 g/mol. The normalized spacial score (nSPS) is 31.8. The number of amides is 1. The lowest BCUT2D eigenvalue weighted by atomic mass is 9.54. The summed E-state index contributed by atoms with van der Waals surface area (Å²) < 4.78 is 0. The predicted octanol–water partition coefficient (Wildman–Crippen LogP) is -0.0784. The molecule has 6 atom stereocenters. The second-order valence-electron chi connectivity index (χ2n) is 9.02. The Hall–Kier alpha value is -2.83. The molecule has 0 radical (unpaired) electrons. The maximum atomic E-state index is 13.7. The van der Waals surface area contributed by atoms with E-state index in [9.17, 15) is 39.9 Å². The Balaban J connectivity index is 0.00000216. The van der Waals surface area contributed by atoms with E-state index in [4.69, 9.17) is 11.5 Å². The number of likely N-dealkylation sites (N-methyl/N-ethyl adjacent to an activating group) is 1. The number of Topliss-reactive ketones (excluding diaryl/α,β-unsaturated/α-hetero) is 2. The number of nitrogens with zero attached hydrogens (tertiary/aromatic N) is 1. The largest absolute Gasteiger partial charge is 0.508 e. The highest BCUT2D eigenvalue weighted by molar-refractivity contribution is 6.24. The van der Waals surface area contributed by atoms with Gasteiger partial charge in [0.15, 0.2) is 11.4 Å². The molecule has 1 aromatic rings. The van der Waals surface area contributed by atoms with Crippen LogP contribution in [0.15, 0.2) is 29.0 Å². The molecule has 11 nitrogen and oxygen atoms in total. The van der Waals surface area contributed by atoms with Gasteiger partial charge in [-0.3, -0.25) is 19.3 Å². The Morgan fingerprint density at radius 1 is 1.11 bits per heavy atom. The van der Waals surface area contributed by atoms with E-state index in [-0.39, 0.29) is 36.1 Å². The number of nitrogens with two attached hydrogens (primary N) is 2. The van der Waals surface area contributed by atoms with Crippen molar-refractivity contribution in [1.82, 2.24) is 4.90 Å². The zero-order valence-corrected chi connectivity index (χ0v) is 20.6. The Morgan fingerprint density at radius 3 is 2.20 bits per heavy atom. The van der Waals surface area contributed by atoms with Gasteiger partial charge in [-0.2, -0.15) is 0 Å². The quantitative estimate of drug-likeness (QED) is 0.153. The van der Waals surface area contributed by atoms with Gasteiger partial charge in [0.1, 0.15) is 22.8 Å². The average Bonchev–Trinajstić information content (AvgIpc) is 2.72. The molecule has 2 unspecified atom stereocenters. The molecule has 9 N–H and O–H groups in total. The van der Waals surface area contributed by atoms with Crippen LogP contribution in [0.2, 0.25) is 0 Å². The summed E-state index contributed by atoms with van der Waals surface area (Å²) in [6.07, 6.45) is -1.62. The SMILES string of the molecule is C[C@H]1c2ccc(N)c(O)c2C(O)=C2C(=O)[C@]3(O)C(O)=C(C(N)=O)C(=O)[C@@H](N(C)C)C3[C@@H](O)C21.Cl.Cl. The van der Waals surface area contributed by atoms with Crippen LogP contribution in [0.4, 0.5) is 5.69 Å². The van der Waals surface area contributed by atoms with Crippen molar-refractivity contribution in [2.45, 2.75) is 30.6 Å². The third-order valence-corrected chi connectivity index (χ3v) is 7.16. The van der Waals surface area contributed by atoms with Crippen molar-refractivity contribution >= 4 is 53.7 Å². The highest BCUT2D eigenvalue weighted by Crippen LogP contribution is 2.56. The van der Waals surface area contributed by atoms with Gasteiger partial charge in [-0.25, -0.2) is 0 Å². The van der Waals surface area contributed by atoms with E-state index in [1.165, 1.54) is 31.1 Å². The highest BCUT2D eigenvalue weighted by atomic mass is 35.5. The van der Waals surface area contributed by atoms with E-state index in [2.05, 4.69) is 0 Å². The second kappa shape index (κ2) is 8.99. The van der Waals surface area contributed by atoms with E-state index in [0.717, 1.165) is 0 Å². The number of primary amides is 1. The zero-order chi connectivity index (χ0) is 24.7. The molecule has 13 heteroatoms. The third kappa shape index (κ3) is 3.41. The highest BCUT2D eigenvalue weighted by Gasteiger charge is 2.68. The molecule has 3 aliphatic carbocycles. The maximum absolute atomic E-state index is 13.7. The summed E-state index contributed by atoms with van der Waals surface area (Å²) in [7, 11) is 2.90. The number of benzene rings is 1. The smallest absolute Gasteiger partial charge is 0.255 e. The number of carbonyl (C=O) groups excluding carboxylic acids is 3. The van der Waals surface area contributed by atoms with Gasteiger partial charge in [-0.1, -0.05) is 13.0 Å². The molecule has 192 valence electrons. The van der Waals surface area contributed by atoms with Crippen molar-refractivity contribution in [3.05, 3.63) is 40.2 Å². The molecule has 1 aromatic carbocycles. The van der Waals surface area contributed by atoms with Crippen LogP contribution in [-0.2, 0) is 14.4 Å². The number of nitrogen functional groups attached to an aromatic ring is 1. The Kier molecular flexibility index (Phi) is 7.30. The van der Waals surface area contributed by atoms with Crippen LogP contribution in [0.3, 0.4) is 0 Å². The van der Waals surface area contributed by atoms with Gasteiger partial charge in [0.25, 0.3) is 5.91 Å². The van der Waals surface area contributed by atoms with Crippen molar-refractivity contribution in [3.63, 3.8) is 0 Å².